The van der Waals surface area contributed by atoms with Crippen LogP contribution in [0, 0.1) is 17.3 Å². The van der Waals surface area contributed by atoms with Crippen LogP contribution in [-0.2, 0) is 24.9 Å². The lowest BCUT2D eigenvalue weighted by Gasteiger charge is -2.56. The quantitative estimate of drug-likeness (QED) is 0.759. The number of hydrogen-bond acceptors (Lipinski definition) is 4. The topological polar surface area (TPSA) is 36.9 Å². The molecular weight excluding hydrogens is 349 g/mol. The van der Waals surface area contributed by atoms with Crippen molar-refractivity contribution in [3.63, 3.8) is 0 Å². The van der Waals surface area contributed by atoms with E-state index in [9.17, 15) is 13.2 Å². The summed E-state index contributed by atoms with van der Waals surface area (Å²) in [5.74, 6) is 3.88. The van der Waals surface area contributed by atoms with Crippen molar-refractivity contribution in [2.75, 3.05) is 26.9 Å². The minimum atomic E-state index is -4.49. The summed E-state index contributed by atoms with van der Waals surface area (Å²) in [6.45, 7) is 2.02. The fourth-order valence-electron chi connectivity index (χ4n) is 3.45. The maximum atomic E-state index is 13.6. The minimum Gasteiger partial charge on any atom is -0.372 e. The Hall–Kier alpha value is -1.59. The highest BCUT2D eigenvalue weighted by atomic mass is 19.4. The van der Waals surface area contributed by atoms with Crippen LogP contribution in [0.2, 0.25) is 0 Å². The van der Waals surface area contributed by atoms with Gasteiger partial charge in [-0.3, -0.25) is 0 Å². The molecule has 0 aliphatic carbocycles. The van der Waals surface area contributed by atoms with Crippen LogP contribution in [-0.4, -0.2) is 39.2 Å². The lowest BCUT2D eigenvalue weighted by Crippen LogP contribution is -2.66. The van der Waals surface area contributed by atoms with Gasteiger partial charge in [0.05, 0.1) is 18.6 Å². The molecule has 0 aromatic heterocycles. The summed E-state index contributed by atoms with van der Waals surface area (Å²) >= 11 is 0. The first-order chi connectivity index (χ1) is 12.4. The SMILES string of the molecule is CCCC12COC(c3ccc(C#CCOC)cc3)(OC1)OC2C(F)(F)F. The molecule has 142 valence electrons. The summed E-state index contributed by atoms with van der Waals surface area (Å²) in [6.07, 6.45) is -5.50. The van der Waals surface area contributed by atoms with Crippen molar-refractivity contribution in [3.8, 4) is 11.8 Å². The second kappa shape index (κ2) is 7.20. The molecule has 0 saturated carbocycles. The number of alkyl halides is 3. The van der Waals surface area contributed by atoms with Gasteiger partial charge in [-0.1, -0.05) is 25.2 Å². The van der Waals surface area contributed by atoms with Crippen molar-refractivity contribution in [2.45, 2.75) is 38.0 Å². The molecule has 4 nitrogen and oxygen atoms in total. The molecule has 0 amide bonds. The summed E-state index contributed by atoms with van der Waals surface area (Å²) in [4.78, 5) is 0. The first kappa shape index (κ1) is 19.2. The van der Waals surface area contributed by atoms with E-state index in [2.05, 4.69) is 11.8 Å². The van der Waals surface area contributed by atoms with Crippen LogP contribution < -0.4 is 0 Å². The van der Waals surface area contributed by atoms with E-state index < -0.39 is 23.7 Å². The van der Waals surface area contributed by atoms with Gasteiger partial charge in [-0.2, -0.15) is 13.2 Å². The predicted octanol–water partition coefficient (Wildman–Crippen LogP) is 3.59. The number of benzene rings is 1. The molecule has 3 saturated heterocycles. The van der Waals surface area contributed by atoms with Crippen LogP contribution >= 0.6 is 0 Å². The molecule has 1 aromatic carbocycles. The lowest BCUT2D eigenvalue weighted by atomic mass is 9.76. The molecule has 2 bridgehead atoms. The molecule has 3 aliphatic rings. The third-order valence-electron chi connectivity index (χ3n) is 4.66. The molecule has 0 radical (unpaired) electrons. The molecule has 0 spiro atoms. The van der Waals surface area contributed by atoms with Crippen molar-refractivity contribution < 1.29 is 32.1 Å². The molecule has 0 N–H and O–H groups in total. The average Bonchev–Trinajstić information content (AvgIpc) is 2.63. The van der Waals surface area contributed by atoms with E-state index in [4.69, 9.17) is 18.9 Å². The Morgan fingerprint density at radius 2 is 1.85 bits per heavy atom. The first-order valence-electron chi connectivity index (χ1n) is 8.46. The van der Waals surface area contributed by atoms with E-state index in [0.29, 0.717) is 30.6 Å². The Labute approximate surface area is 150 Å². The van der Waals surface area contributed by atoms with Gasteiger partial charge in [0.15, 0.2) is 6.10 Å². The number of fused-ring (bicyclic) bond motifs is 3. The maximum Gasteiger partial charge on any atom is 0.415 e. The Kier molecular flexibility index (Phi) is 5.31. The van der Waals surface area contributed by atoms with Gasteiger partial charge in [0.25, 0.3) is 0 Å². The Morgan fingerprint density at radius 3 is 2.38 bits per heavy atom. The van der Waals surface area contributed by atoms with Gasteiger partial charge in [0.2, 0.25) is 0 Å². The van der Waals surface area contributed by atoms with Gasteiger partial charge in [0, 0.05) is 18.2 Å². The first-order valence-corrected chi connectivity index (χ1v) is 8.46. The zero-order valence-electron chi connectivity index (χ0n) is 14.7. The third-order valence-corrected chi connectivity index (χ3v) is 4.66. The number of hydrogen-bond donors (Lipinski definition) is 0. The van der Waals surface area contributed by atoms with Gasteiger partial charge in [-0.25, -0.2) is 0 Å². The minimum absolute atomic E-state index is 0.0551. The van der Waals surface area contributed by atoms with Gasteiger partial charge in [0.1, 0.15) is 6.61 Å². The van der Waals surface area contributed by atoms with E-state index in [1.54, 1.807) is 31.4 Å². The molecule has 26 heavy (non-hydrogen) atoms. The van der Waals surface area contributed by atoms with E-state index >= 15 is 0 Å². The zero-order chi connectivity index (χ0) is 18.8. The second-order valence-electron chi connectivity index (χ2n) is 6.60. The fourth-order valence-corrected chi connectivity index (χ4v) is 3.45. The van der Waals surface area contributed by atoms with Crippen LogP contribution in [0.5, 0.6) is 0 Å². The van der Waals surface area contributed by atoms with Crippen molar-refractivity contribution in [1.82, 2.24) is 0 Å². The number of rotatable bonds is 4. The molecule has 3 fully saturated rings. The molecular formula is C19H21F3O4. The predicted molar refractivity (Wildman–Crippen MR) is 87.0 cm³/mol. The van der Waals surface area contributed by atoms with Crippen LogP contribution in [0.3, 0.4) is 0 Å². The molecule has 4 rings (SSSR count). The van der Waals surface area contributed by atoms with E-state index in [0.717, 1.165) is 0 Å². The zero-order valence-corrected chi connectivity index (χ0v) is 14.7. The Balaban J connectivity index is 1.86. The van der Waals surface area contributed by atoms with Crippen molar-refractivity contribution in [3.05, 3.63) is 35.4 Å². The van der Waals surface area contributed by atoms with Gasteiger partial charge in [-0.15, -0.1) is 0 Å². The third kappa shape index (κ3) is 3.47. The average molecular weight is 370 g/mol. The van der Waals surface area contributed by atoms with E-state index in [1.807, 2.05) is 6.92 Å². The highest BCUT2D eigenvalue weighted by Crippen LogP contribution is 2.54. The molecule has 1 unspecified atom stereocenters. The van der Waals surface area contributed by atoms with Crippen molar-refractivity contribution >= 4 is 0 Å². The Morgan fingerprint density at radius 1 is 1.19 bits per heavy atom. The summed E-state index contributed by atoms with van der Waals surface area (Å²) in [5.41, 5.74) is -0.101. The van der Waals surface area contributed by atoms with Crippen LogP contribution in [0.4, 0.5) is 13.2 Å². The van der Waals surface area contributed by atoms with E-state index in [-0.39, 0.29) is 13.2 Å². The van der Waals surface area contributed by atoms with Crippen molar-refractivity contribution in [1.29, 1.82) is 0 Å². The van der Waals surface area contributed by atoms with Crippen molar-refractivity contribution in [2.24, 2.45) is 5.41 Å². The van der Waals surface area contributed by atoms with Gasteiger partial charge >= 0.3 is 12.1 Å². The van der Waals surface area contributed by atoms with E-state index in [1.165, 1.54) is 0 Å². The smallest absolute Gasteiger partial charge is 0.372 e. The summed E-state index contributed by atoms with van der Waals surface area (Å²) in [7, 11) is 1.55. The monoisotopic (exact) mass is 370 g/mol. The summed E-state index contributed by atoms with van der Waals surface area (Å²) in [6, 6.07) is 6.60. The molecule has 3 aliphatic heterocycles. The Bertz CT molecular complexity index is 679. The van der Waals surface area contributed by atoms with Gasteiger partial charge in [-0.05, 0) is 30.7 Å². The van der Waals surface area contributed by atoms with Gasteiger partial charge < -0.3 is 18.9 Å². The van der Waals surface area contributed by atoms with Crippen LogP contribution in [0.1, 0.15) is 30.9 Å². The number of methoxy groups -OCH3 is 1. The molecule has 1 aromatic rings. The summed E-state index contributed by atoms with van der Waals surface area (Å²) in [5, 5.41) is 0. The lowest BCUT2D eigenvalue weighted by molar-refractivity contribution is -0.524. The maximum absolute atomic E-state index is 13.6. The molecule has 7 heteroatoms. The standard InChI is InChI=1S/C19H21F3O4/c1-3-10-17-12-24-19(25-13-17,26-16(17)18(20,21)22)15-8-6-14(7-9-15)5-4-11-23-2/h6-9,16H,3,10-13H2,1-2H3. The normalized spacial score (nSPS) is 30.7. The largest absolute Gasteiger partial charge is 0.415 e. The molecule has 1 atom stereocenters. The second-order valence-corrected chi connectivity index (χ2v) is 6.60. The number of ether oxygens (including phenoxy) is 4. The number of halogens is 3. The fraction of sp³-hybridized carbons (Fsp3) is 0.579. The van der Waals surface area contributed by atoms with Crippen LogP contribution in [0.15, 0.2) is 24.3 Å². The molecule has 3 heterocycles. The highest BCUT2D eigenvalue weighted by Gasteiger charge is 2.66. The summed E-state index contributed by atoms with van der Waals surface area (Å²) < 4.78 is 62.5. The highest BCUT2D eigenvalue weighted by molar-refractivity contribution is 5.37. The van der Waals surface area contributed by atoms with Crippen LogP contribution in [0.25, 0.3) is 0 Å².